The van der Waals surface area contributed by atoms with Gasteiger partial charge in [0.25, 0.3) is 0 Å². The van der Waals surface area contributed by atoms with Crippen LogP contribution in [-0.2, 0) is 0 Å². The van der Waals surface area contributed by atoms with Crippen LogP contribution in [0.3, 0.4) is 0 Å². The normalized spacial score (nSPS) is 32.5. The molecule has 0 N–H and O–H groups in total. The Morgan fingerprint density at radius 3 is 1.93 bits per heavy atom. The van der Waals surface area contributed by atoms with Crippen molar-refractivity contribution in [3.05, 3.63) is 12.1 Å². The highest BCUT2D eigenvalue weighted by Crippen LogP contribution is 2.38. The number of hydrogen-bond acceptors (Lipinski definition) is 1. The lowest BCUT2D eigenvalue weighted by Crippen LogP contribution is -2.35. The van der Waals surface area contributed by atoms with E-state index in [4.69, 9.17) is 0 Å². The summed E-state index contributed by atoms with van der Waals surface area (Å²) in [6.45, 7) is -1.65. The van der Waals surface area contributed by atoms with E-state index >= 15 is 0 Å². The molecule has 2 fully saturated rings. The Labute approximate surface area is 82.0 Å². The maximum Gasteiger partial charge on any atom is 0.506 e. The molecule has 2 aliphatic rings. The summed E-state index contributed by atoms with van der Waals surface area (Å²) in [6.07, 6.45) is 4.29. The Morgan fingerprint density at radius 1 is 1.14 bits per heavy atom. The summed E-state index contributed by atoms with van der Waals surface area (Å²) < 4.78 is 36.9. The molecule has 5 heteroatoms. The van der Waals surface area contributed by atoms with Crippen LogP contribution in [0.15, 0.2) is 12.1 Å². The quantitative estimate of drug-likeness (QED) is 0.638. The Kier molecular flexibility index (Phi) is 2.37. The van der Waals surface area contributed by atoms with Crippen LogP contribution >= 0.6 is 0 Å². The van der Waals surface area contributed by atoms with E-state index in [1.54, 1.807) is 0 Å². The highest BCUT2D eigenvalue weighted by atomic mass is 19.4. The van der Waals surface area contributed by atoms with Crippen molar-refractivity contribution in [3.63, 3.8) is 0 Å². The van der Waals surface area contributed by atoms with E-state index in [0.717, 1.165) is 25.7 Å². The molecule has 2 aliphatic heterocycles. The molecule has 80 valence electrons. The van der Waals surface area contributed by atoms with Gasteiger partial charge in [-0.2, -0.15) is 0 Å². The van der Waals surface area contributed by atoms with E-state index < -0.39 is 12.4 Å². The van der Waals surface area contributed by atoms with Crippen molar-refractivity contribution in [3.8, 4) is 0 Å². The van der Waals surface area contributed by atoms with Gasteiger partial charge in [0.15, 0.2) is 0 Å². The minimum Gasteiger partial charge on any atom is -0.445 e. The monoisotopic (exact) mass is 204 g/mol. The number of hydrogen-bond donors (Lipinski definition) is 0. The molecule has 0 aromatic carbocycles. The first-order valence-corrected chi connectivity index (χ1v) is 5.12. The summed E-state index contributed by atoms with van der Waals surface area (Å²) in [5, 5.41) is 0. The van der Waals surface area contributed by atoms with Crippen molar-refractivity contribution in [2.45, 2.75) is 37.8 Å². The first-order chi connectivity index (χ1) is 6.48. The van der Waals surface area contributed by atoms with Gasteiger partial charge in [0.05, 0.1) is 0 Å². The van der Waals surface area contributed by atoms with Crippen molar-refractivity contribution >= 4 is 6.98 Å². The van der Waals surface area contributed by atoms with Crippen LogP contribution in [0.1, 0.15) is 25.7 Å². The molecule has 0 aromatic rings. The van der Waals surface area contributed by atoms with Crippen molar-refractivity contribution in [1.82, 2.24) is 4.90 Å². The van der Waals surface area contributed by atoms with E-state index in [-0.39, 0.29) is 6.54 Å². The largest absolute Gasteiger partial charge is 0.506 e. The average molecular weight is 204 g/mol. The van der Waals surface area contributed by atoms with E-state index in [9.17, 15) is 12.9 Å². The van der Waals surface area contributed by atoms with Crippen LogP contribution in [0.5, 0.6) is 0 Å². The molecular formula is C9H14BF3N-. The predicted octanol–water partition coefficient (Wildman–Crippen LogP) is 2.56. The van der Waals surface area contributed by atoms with Crippen LogP contribution in [0.4, 0.5) is 12.9 Å². The third kappa shape index (κ3) is 1.70. The molecule has 14 heavy (non-hydrogen) atoms. The zero-order chi connectivity index (χ0) is 10.3. The van der Waals surface area contributed by atoms with Gasteiger partial charge in [0.1, 0.15) is 0 Å². The van der Waals surface area contributed by atoms with Crippen LogP contribution in [0.25, 0.3) is 0 Å². The van der Waals surface area contributed by atoms with Crippen molar-refractivity contribution in [1.29, 1.82) is 0 Å². The maximum absolute atomic E-state index is 12.3. The third-order valence-corrected chi connectivity index (χ3v) is 3.45. The van der Waals surface area contributed by atoms with Gasteiger partial charge < -0.3 is 12.9 Å². The second-order valence-electron chi connectivity index (χ2n) is 4.37. The summed E-state index contributed by atoms with van der Waals surface area (Å²) in [5.41, 5.74) is -0.538. The fourth-order valence-corrected chi connectivity index (χ4v) is 2.62. The molecule has 0 aromatic heterocycles. The molecule has 0 saturated carbocycles. The molecule has 2 rings (SSSR count). The average Bonchev–Trinajstić information content (AvgIpc) is 2.63. The first-order valence-electron chi connectivity index (χ1n) is 5.12. The lowest BCUT2D eigenvalue weighted by Gasteiger charge is -2.27. The number of fused-ring (bicyclic) bond motifs is 2. The van der Waals surface area contributed by atoms with Crippen LogP contribution in [0.2, 0.25) is 0 Å². The molecule has 2 heterocycles. The Balaban J connectivity index is 1.96. The van der Waals surface area contributed by atoms with Crippen molar-refractivity contribution in [2.24, 2.45) is 0 Å². The number of rotatable bonds is 3. The lowest BCUT2D eigenvalue weighted by molar-refractivity contribution is 0.274. The smallest absolute Gasteiger partial charge is 0.445 e. The molecule has 1 nitrogen and oxygen atoms in total. The molecule has 0 atom stereocenters. The molecule has 2 bridgehead atoms. The number of nitrogens with zero attached hydrogens (tertiary/aromatic N) is 1. The van der Waals surface area contributed by atoms with E-state index in [1.807, 2.05) is 4.90 Å². The highest BCUT2D eigenvalue weighted by molar-refractivity contribution is 6.66. The van der Waals surface area contributed by atoms with Crippen LogP contribution < -0.4 is 0 Å². The minimum atomic E-state index is -4.84. The van der Waals surface area contributed by atoms with Gasteiger partial charge in [-0.1, -0.05) is 0 Å². The van der Waals surface area contributed by atoms with Crippen molar-refractivity contribution < 1.29 is 12.9 Å². The van der Waals surface area contributed by atoms with Gasteiger partial charge >= 0.3 is 6.98 Å². The second-order valence-corrected chi connectivity index (χ2v) is 4.37. The lowest BCUT2D eigenvalue weighted by atomic mass is 9.80. The first kappa shape index (κ1) is 10.1. The standard InChI is InChI=1S/C9H14BF3N/c1-7(10(11,12)13)6-14-8-2-3-9(14)5-4-8/h8-9H,1-6H2/q-1. The number of halogens is 3. The van der Waals surface area contributed by atoms with Gasteiger partial charge in [0, 0.05) is 12.1 Å². The summed E-state index contributed by atoms with van der Waals surface area (Å²) in [6, 6.07) is 0.796. The molecular weight excluding hydrogens is 190 g/mol. The summed E-state index contributed by atoms with van der Waals surface area (Å²) in [7, 11) is 0. The molecule has 0 spiro atoms. The molecule has 0 amide bonds. The predicted molar refractivity (Wildman–Crippen MR) is 51.0 cm³/mol. The van der Waals surface area contributed by atoms with E-state index in [0.29, 0.717) is 12.1 Å². The van der Waals surface area contributed by atoms with Gasteiger partial charge in [-0.05, 0) is 32.2 Å². The SMILES string of the molecule is C=C(CN1C2CCC1CC2)[B-](F)(F)F. The van der Waals surface area contributed by atoms with Gasteiger partial charge in [-0.25, -0.2) is 0 Å². The topological polar surface area (TPSA) is 3.24 Å². The second kappa shape index (κ2) is 3.30. The Hall–Kier alpha value is -0.445. The third-order valence-electron chi connectivity index (χ3n) is 3.45. The highest BCUT2D eigenvalue weighted by Gasteiger charge is 2.40. The van der Waals surface area contributed by atoms with Crippen molar-refractivity contribution in [2.75, 3.05) is 6.54 Å². The zero-order valence-electron chi connectivity index (χ0n) is 8.06. The Bertz CT molecular complexity index is 231. The van der Waals surface area contributed by atoms with Gasteiger partial charge in [0.2, 0.25) is 0 Å². The Morgan fingerprint density at radius 2 is 1.57 bits per heavy atom. The van der Waals surface area contributed by atoms with Gasteiger partial charge in [-0.3, -0.25) is 4.90 Å². The van der Waals surface area contributed by atoms with Crippen LogP contribution in [-0.4, -0.2) is 30.5 Å². The van der Waals surface area contributed by atoms with Crippen LogP contribution in [0, 0.1) is 0 Å². The molecule has 0 aliphatic carbocycles. The summed E-state index contributed by atoms with van der Waals surface area (Å²) in [4.78, 5) is 2.00. The van der Waals surface area contributed by atoms with Gasteiger partial charge in [-0.15, -0.1) is 12.1 Å². The zero-order valence-corrected chi connectivity index (χ0v) is 8.06. The summed E-state index contributed by atoms with van der Waals surface area (Å²) >= 11 is 0. The minimum absolute atomic E-state index is 0.0405. The maximum atomic E-state index is 12.3. The van der Waals surface area contributed by atoms with E-state index in [2.05, 4.69) is 6.58 Å². The fraction of sp³-hybridized carbons (Fsp3) is 0.778. The van der Waals surface area contributed by atoms with E-state index in [1.165, 1.54) is 0 Å². The fourth-order valence-electron chi connectivity index (χ4n) is 2.62. The molecule has 0 unspecified atom stereocenters. The molecule has 2 saturated heterocycles. The molecule has 0 radical (unpaired) electrons. The summed E-state index contributed by atoms with van der Waals surface area (Å²) in [5.74, 6) is 0.